The van der Waals surface area contributed by atoms with Crippen molar-refractivity contribution in [2.75, 3.05) is 32.9 Å². The number of aromatic nitrogens is 3. The molecule has 1 aromatic heterocycles. The minimum absolute atomic E-state index is 0.466. The van der Waals surface area contributed by atoms with Gasteiger partial charge in [0, 0.05) is 38.7 Å². The number of hydrogen-bond acceptors (Lipinski definition) is 5. The van der Waals surface area contributed by atoms with Crippen molar-refractivity contribution in [1.82, 2.24) is 19.7 Å². The molecule has 2 aliphatic heterocycles. The van der Waals surface area contributed by atoms with Gasteiger partial charge in [0.2, 0.25) is 0 Å². The topological polar surface area (TPSA) is 52.4 Å². The summed E-state index contributed by atoms with van der Waals surface area (Å²) in [6, 6.07) is 0.466. The van der Waals surface area contributed by atoms with Crippen LogP contribution >= 0.6 is 0 Å². The number of fused-ring (bicyclic) bond motifs is 1. The molecular weight excluding hydrogens is 280 g/mol. The van der Waals surface area contributed by atoms with Gasteiger partial charge in [-0.3, -0.25) is 4.90 Å². The number of ether oxygens (including phenoxy) is 2. The van der Waals surface area contributed by atoms with Crippen molar-refractivity contribution in [3.05, 3.63) is 23.3 Å². The highest BCUT2D eigenvalue weighted by Gasteiger charge is 2.24. The van der Waals surface area contributed by atoms with E-state index in [1.807, 2.05) is 6.92 Å². The van der Waals surface area contributed by atoms with Crippen molar-refractivity contribution in [3.8, 4) is 0 Å². The number of rotatable bonds is 5. The van der Waals surface area contributed by atoms with Crippen molar-refractivity contribution < 1.29 is 9.47 Å². The van der Waals surface area contributed by atoms with E-state index in [2.05, 4.69) is 32.7 Å². The molecule has 0 bridgehead atoms. The van der Waals surface area contributed by atoms with Crippen LogP contribution in [0.2, 0.25) is 0 Å². The monoisotopic (exact) mass is 306 g/mol. The van der Waals surface area contributed by atoms with E-state index in [0.717, 1.165) is 57.3 Å². The van der Waals surface area contributed by atoms with Gasteiger partial charge in [0.15, 0.2) is 5.82 Å². The fraction of sp³-hybridized carbons (Fsp3) is 0.750. The summed E-state index contributed by atoms with van der Waals surface area (Å²) in [7, 11) is 0. The summed E-state index contributed by atoms with van der Waals surface area (Å²) in [6.45, 7) is 10.1. The molecule has 6 nitrogen and oxygen atoms in total. The summed E-state index contributed by atoms with van der Waals surface area (Å²) >= 11 is 0. The minimum atomic E-state index is 0.466. The second-order valence-corrected chi connectivity index (χ2v) is 6.05. The third-order valence-corrected chi connectivity index (χ3v) is 4.44. The van der Waals surface area contributed by atoms with Gasteiger partial charge in [-0.15, -0.1) is 10.2 Å². The Morgan fingerprint density at radius 2 is 2.27 bits per heavy atom. The molecule has 0 fully saturated rings. The Hall–Kier alpha value is -1.24. The molecule has 0 N–H and O–H groups in total. The van der Waals surface area contributed by atoms with Gasteiger partial charge in [-0.2, -0.15) is 0 Å². The lowest BCUT2D eigenvalue weighted by atomic mass is 10.1. The van der Waals surface area contributed by atoms with E-state index in [4.69, 9.17) is 9.47 Å². The van der Waals surface area contributed by atoms with Crippen LogP contribution in [0.15, 0.2) is 11.6 Å². The molecule has 0 spiro atoms. The van der Waals surface area contributed by atoms with E-state index in [9.17, 15) is 0 Å². The summed E-state index contributed by atoms with van der Waals surface area (Å²) in [5, 5.41) is 8.66. The van der Waals surface area contributed by atoms with Crippen LogP contribution in [-0.2, 0) is 29.0 Å². The number of hydrogen-bond donors (Lipinski definition) is 0. The average molecular weight is 306 g/mol. The first-order valence-electron chi connectivity index (χ1n) is 8.26. The highest BCUT2D eigenvalue weighted by molar-refractivity contribution is 5.09. The first kappa shape index (κ1) is 15.6. The molecule has 3 heterocycles. The van der Waals surface area contributed by atoms with Crippen molar-refractivity contribution in [3.63, 3.8) is 0 Å². The Bertz CT molecular complexity index is 526. The van der Waals surface area contributed by atoms with Gasteiger partial charge in [0.05, 0.1) is 13.2 Å². The third-order valence-electron chi connectivity index (χ3n) is 4.44. The lowest BCUT2D eigenvalue weighted by Crippen LogP contribution is -2.37. The van der Waals surface area contributed by atoms with Crippen LogP contribution in [0.4, 0.5) is 0 Å². The molecule has 0 saturated heterocycles. The van der Waals surface area contributed by atoms with Gasteiger partial charge in [0.1, 0.15) is 12.4 Å². The van der Waals surface area contributed by atoms with Crippen molar-refractivity contribution in [1.29, 1.82) is 0 Å². The maximum Gasteiger partial charge on any atom is 0.159 e. The Kier molecular flexibility index (Phi) is 5.23. The fourth-order valence-electron chi connectivity index (χ4n) is 3.14. The zero-order valence-electron chi connectivity index (χ0n) is 13.6. The largest absolute Gasteiger partial charge is 0.377 e. The van der Waals surface area contributed by atoms with Crippen LogP contribution < -0.4 is 0 Å². The van der Waals surface area contributed by atoms with Crippen LogP contribution in [0, 0.1) is 0 Å². The van der Waals surface area contributed by atoms with Crippen LogP contribution in [-0.4, -0.2) is 58.6 Å². The molecule has 1 unspecified atom stereocenters. The van der Waals surface area contributed by atoms with Crippen LogP contribution in [0.5, 0.6) is 0 Å². The van der Waals surface area contributed by atoms with Gasteiger partial charge >= 0.3 is 0 Å². The normalized spacial score (nSPS) is 23.0. The summed E-state index contributed by atoms with van der Waals surface area (Å²) in [4.78, 5) is 2.53. The van der Waals surface area contributed by atoms with Gasteiger partial charge in [-0.25, -0.2) is 0 Å². The predicted octanol–water partition coefficient (Wildman–Crippen LogP) is 1.41. The molecule has 6 heteroatoms. The molecule has 0 amide bonds. The van der Waals surface area contributed by atoms with Gasteiger partial charge in [-0.1, -0.05) is 6.08 Å². The van der Waals surface area contributed by atoms with Crippen LogP contribution in [0.1, 0.15) is 31.9 Å². The molecule has 0 aliphatic carbocycles. The summed E-state index contributed by atoms with van der Waals surface area (Å²) in [6.07, 6.45) is 4.32. The van der Waals surface area contributed by atoms with E-state index in [-0.39, 0.29) is 0 Å². The Morgan fingerprint density at radius 3 is 3.05 bits per heavy atom. The molecule has 1 aromatic rings. The van der Waals surface area contributed by atoms with E-state index >= 15 is 0 Å². The molecule has 0 aromatic carbocycles. The van der Waals surface area contributed by atoms with Crippen molar-refractivity contribution in [2.24, 2.45) is 0 Å². The first-order chi connectivity index (χ1) is 10.8. The minimum Gasteiger partial charge on any atom is -0.377 e. The first-order valence-corrected chi connectivity index (χ1v) is 8.26. The van der Waals surface area contributed by atoms with E-state index < -0.39 is 0 Å². The molecule has 3 rings (SSSR count). The quantitative estimate of drug-likeness (QED) is 0.770. The molecule has 0 radical (unpaired) electrons. The van der Waals surface area contributed by atoms with E-state index in [1.165, 1.54) is 5.57 Å². The van der Waals surface area contributed by atoms with Crippen molar-refractivity contribution in [2.45, 2.75) is 45.9 Å². The smallest absolute Gasteiger partial charge is 0.159 e. The Morgan fingerprint density at radius 1 is 1.36 bits per heavy atom. The molecule has 122 valence electrons. The lowest BCUT2D eigenvalue weighted by molar-refractivity contribution is 0.124. The summed E-state index contributed by atoms with van der Waals surface area (Å²) in [5.74, 6) is 2.03. The zero-order chi connectivity index (χ0) is 15.4. The zero-order valence-corrected chi connectivity index (χ0v) is 13.6. The van der Waals surface area contributed by atoms with Crippen molar-refractivity contribution >= 4 is 0 Å². The highest BCUT2D eigenvalue weighted by Crippen LogP contribution is 2.17. The standard InChI is InChI=1S/C16H26N4O2/c1-3-21-12-16-18-17-15-9-13(2)19(6-7-20(15)16)10-14-5-4-8-22-11-14/h5,13H,3-4,6-12H2,1-2H3. The summed E-state index contributed by atoms with van der Waals surface area (Å²) < 4.78 is 13.3. The van der Waals surface area contributed by atoms with E-state index in [1.54, 1.807) is 0 Å². The summed E-state index contributed by atoms with van der Waals surface area (Å²) in [5.41, 5.74) is 1.41. The Balaban J connectivity index is 1.66. The molecule has 22 heavy (non-hydrogen) atoms. The van der Waals surface area contributed by atoms with Gasteiger partial charge in [0.25, 0.3) is 0 Å². The highest BCUT2D eigenvalue weighted by atomic mass is 16.5. The van der Waals surface area contributed by atoms with E-state index in [0.29, 0.717) is 19.3 Å². The molecular formula is C16H26N4O2. The second kappa shape index (κ2) is 7.35. The molecule has 0 saturated carbocycles. The fourth-order valence-corrected chi connectivity index (χ4v) is 3.14. The van der Waals surface area contributed by atoms with Gasteiger partial charge < -0.3 is 14.0 Å². The maximum atomic E-state index is 5.56. The molecule has 1 atom stereocenters. The molecule has 2 aliphatic rings. The third kappa shape index (κ3) is 3.56. The van der Waals surface area contributed by atoms with Crippen LogP contribution in [0.3, 0.4) is 0 Å². The maximum absolute atomic E-state index is 5.56. The predicted molar refractivity (Wildman–Crippen MR) is 83.6 cm³/mol. The van der Waals surface area contributed by atoms with Crippen LogP contribution in [0.25, 0.3) is 0 Å². The SMILES string of the molecule is CCOCc1nnc2n1CCN(CC1=CCCOC1)C(C)C2. The lowest BCUT2D eigenvalue weighted by Gasteiger charge is -2.28. The van der Waals surface area contributed by atoms with Gasteiger partial charge in [-0.05, 0) is 25.8 Å². The Labute approximate surface area is 132 Å². The average Bonchev–Trinajstić information content (AvgIpc) is 2.84. The number of nitrogens with zero attached hydrogens (tertiary/aromatic N) is 4. The second-order valence-electron chi connectivity index (χ2n) is 6.05.